The highest BCUT2D eigenvalue weighted by Crippen LogP contribution is 2.31. The Bertz CT molecular complexity index is 1720. The molecular weight excluding hydrogens is 670 g/mol. The Kier molecular flexibility index (Phi) is 9.53. The number of nitrogens with zero attached hydrogens (tertiary/aromatic N) is 1. The highest BCUT2D eigenvalue weighted by molar-refractivity contribution is 14.1. The molecule has 222 valence electrons. The van der Waals surface area contributed by atoms with Crippen molar-refractivity contribution in [1.82, 2.24) is 10.2 Å². The smallest absolute Gasteiger partial charge is 0.349 e. The summed E-state index contributed by atoms with van der Waals surface area (Å²) < 4.78 is 26.1. The number of ether oxygens (including phenoxy) is 1. The van der Waals surface area contributed by atoms with Gasteiger partial charge in [-0.25, -0.2) is 9.18 Å². The summed E-state index contributed by atoms with van der Waals surface area (Å²) in [4.78, 5) is 41.6. The largest absolute Gasteiger partial charge is 0.482 e. The van der Waals surface area contributed by atoms with Gasteiger partial charge >= 0.3 is 5.63 Å². The molecule has 0 aliphatic heterocycles. The summed E-state index contributed by atoms with van der Waals surface area (Å²) in [5, 5.41) is 24.1. The summed E-state index contributed by atoms with van der Waals surface area (Å²) in [6.07, 6.45) is -0.971. The van der Waals surface area contributed by atoms with E-state index in [0.717, 1.165) is 3.57 Å². The zero-order chi connectivity index (χ0) is 30.5. The highest BCUT2D eigenvalue weighted by atomic mass is 127. The van der Waals surface area contributed by atoms with Crippen LogP contribution in [-0.2, 0) is 11.3 Å². The highest BCUT2D eigenvalue weighted by Gasteiger charge is 2.41. The van der Waals surface area contributed by atoms with Crippen LogP contribution in [0, 0.1) is 9.39 Å². The van der Waals surface area contributed by atoms with E-state index in [1.54, 1.807) is 36.4 Å². The van der Waals surface area contributed by atoms with Crippen molar-refractivity contribution < 1.29 is 33.3 Å². The lowest BCUT2D eigenvalue weighted by atomic mass is 9.87. The van der Waals surface area contributed by atoms with Gasteiger partial charge in [0.05, 0.1) is 16.2 Å². The van der Waals surface area contributed by atoms with Crippen molar-refractivity contribution >= 4 is 45.4 Å². The molecule has 0 saturated carbocycles. The Labute approximate surface area is 259 Å². The Balaban J connectivity index is 1.58. The molecule has 43 heavy (non-hydrogen) atoms. The van der Waals surface area contributed by atoms with E-state index in [4.69, 9.17) is 9.15 Å². The third-order valence-electron chi connectivity index (χ3n) is 7.11. The number of aliphatic hydroxyl groups is 2. The first-order valence-electron chi connectivity index (χ1n) is 13.5. The number of amides is 2. The van der Waals surface area contributed by atoms with Crippen LogP contribution in [0.15, 0.2) is 99.7 Å². The fraction of sp³-hybridized carbons (Fsp3) is 0.219. The molecule has 3 aromatic carbocycles. The minimum atomic E-state index is -1.33. The molecule has 4 aromatic rings. The van der Waals surface area contributed by atoms with E-state index in [2.05, 4.69) is 27.9 Å². The van der Waals surface area contributed by atoms with Gasteiger partial charge in [-0.15, -0.1) is 0 Å². The first-order chi connectivity index (χ1) is 20.7. The number of hydrogen-bond acceptors (Lipinski definition) is 7. The van der Waals surface area contributed by atoms with Crippen LogP contribution >= 0.6 is 22.6 Å². The molecule has 1 aliphatic rings. The van der Waals surface area contributed by atoms with Gasteiger partial charge in [0.15, 0.2) is 0 Å². The van der Waals surface area contributed by atoms with E-state index in [1.165, 1.54) is 41.3 Å². The summed E-state index contributed by atoms with van der Waals surface area (Å²) in [5.74, 6) is -1.24. The Morgan fingerprint density at radius 2 is 1.79 bits per heavy atom. The molecule has 11 heteroatoms. The zero-order valence-corrected chi connectivity index (χ0v) is 24.9. The lowest BCUT2D eigenvalue weighted by molar-refractivity contribution is -0.118. The van der Waals surface area contributed by atoms with Crippen LogP contribution in [0.3, 0.4) is 0 Å². The minimum absolute atomic E-state index is 0.00185. The average Bonchev–Trinajstić information content (AvgIpc) is 3.01. The van der Waals surface area contributed by atoms with Crippen molar-refractivity contribution in [2.45, 2.75) is 31.2 Å². The van der Waals surface area contributed by atoms with Gasteiger partial charge in [0.2, 0.25) is 5.91 Å². The number of aliphatic hydroxyl groups excluding tert-OH is 2. The van der Waals surface area contributed by atoms with Crippen LogP contribution in [0.4, 0.5) is 4.39 Å². The fourth-order valence-corrected chi connectivity index (χ4v) is 5.47. The maximum Gasteiger partial charge on any atom is 0.349 e. The maximum absolute atomic E-state index is 14.2. The SMILES string of the molecule is O=C(NCCO)C1=CC(Oc2ccccc2I)C(O)C(N(Cc2ccc(F)cc2)C(=O)c2cc3ccccc3oc2=O)C1. The van der Waals surface area contributed by atoms with E-state index in [0.29, 0.717) is 22.3 Å². The second-order valence-electron chi connectivity index (χ2n) is 9.99. The van der Waals surface area contributed by atoms with Gasteiger partial charge in [0.25, 0.3) is 5.91 Å². The number of carbonyl (C=O) groups excluding carboxylic acids is 2. The van der Waals surface area contributed by atoms with Crippen LogP contribution in [0.25, 0.3) is 11.0 Å². The molecule has 3 N–H and O–H groups in total. The van der Waals surface area contributed by atoms with Gasteiger partial charge in [0, 0.05) is 30.5 Å². The van der Waals surface area contributed by atoms with Crippen molar-refractivity contribution in [2.75, 3.05) is 13.2 Å². The van der Waals surface area contributed by atoms with Crippen molar-refractivity contribution in [1.29, 1.82) is 0 Å². The first kappa shape index (κ1) is 30.4. The van der Waals surface area contributed by atoms with Crippen LogP contribution in [0.2, 0.25) is 0 Å². The summed E-state index contributed by atoms with van der Waals surface area (Å²) in [7, 11) is 0. The third kappa shape index (κ3) is 6.95. The lowest BCUT2D eigenvalue weighted by Crippen LogP contribution is -2.55. The van der Waals surface area contributed by atoms with Crippen LogP contribution in [0.1, 0.15) is 22.3 Å². The number of halogens is 2. The van der Waals surface area contributed by atoms with Crippen molar-refractivity contribution in [3.8, 4) is 5.75 Å². The van der Waals surface area contributed by atoms with Gasteiger partial charge in [-0.1, -0.05) is 42.5 Å². The van der Waals surface area contributed by atoms with Gasteiger partial charge in [-0.2, -0.15) is 0 Å². The molecule has 5 rings (SSSR count). The van der Waals surface area contributed by atoms with Crippen molar-refractivity contribution in [3.63, 3.8) is 0 Å². The third-order valence-corrected chi connectivity index (χ3v) is 8.00. The van der Waals surface area contributed by atoms with Gasteiger partial charge in [0.1, 0.15) is 34.9 Å². The average molecular weight is 698 g/mol. The van der Waals surface area contributed by atoms with Crippen molar-refractivity contribution in [3.05, 3.63) is 121 Å². The Morgan fingerprint density at radius 3 is 2.53 bits per heavy atom. The first-order valence-corrected chi connectivity index (χ1v) is 14.6. The summed E-state index contributed by atoms with van der Waals surface area (Å²) in [6, 6.07) is 19.8. The van der Waals surface area contributed by atoms with E-state index >= 15 is 0 Å². The monoisotopic (exact) mass is 698 g/mol. The number of para-hydroxylation sites is 2. The number of carbonyl (C=O) groups is 2. The number of hydrogen-bond donors (Lipinski definition) is 3. The van der Waals surface area contributed by atoms with E-state index in [-0.39, 0.29) is 37.3 Å². The predicted molar refractivity (Wildman–Crippen MR) is 165 cm³/mol. The normalized spacial score (nSPS) is 18.1. The fourth-order valence-electron chi connectivity index (χ4n) is 4.96. The standard InChI is InChI=1S/C32H28FIN2O7/c33-22-11-9-19(10-12-22)18-36(31(40)23-15-20-5-1-3-7-26(20)43-32(23)41)25-16-21(30(39)35-13-14-37)17-28(29(25)38)42-27-8-4-2-6-24(27)34/h1-12,15,17,25,28-29,37-38H,13-14,16,18H2,(H,35,39). The topological polar surface area (TPSA) is 129 Å². The Hall–Kier alpha value is -4.07. The molecule has 0 bridgehead atoms. The number of nitrogens with one attached hydrogen (secondary N) is 1. The van der Waals surface area contributed by atoms with Crippen molar-refractivity contribution in [2.24, 2.45) is 0 Å². The summed E-state index contributed by atoms with van der Waals surface area (Å²) >= 11 is 2.09. The number of fused-ring (bicyclic) bond motifs is 1. The molecule has 2 amide bonds. The molecule has 1 heterocycles. The molecule has 0 fully saturated rings. The van der Waals surface area contributed by atoms with Crippen LogP contribution in [0.5, 0.6) is 5.75 Å². The molecule has 1 aromatic heterocycles. The quantitative estimate of drug-likeness (QED) is 0.179. The maximum atomic E-state index is 14.2. The van der Waals surface area contributed by atoms with E-state index in [1.807, 2.05) is 12.1 Å². The second kappa shape index (κ2) is 13.5. The predicted octanol–water partition coefficient (Wildman–Crippen LogP) is 3.79. The molecule has 1 aliphatic carbocycles. The molecule has 3 unspecified atom stereocenters. The molecular formula is C32H28FIN2O7. The van der Waals surface area contributed by atoms with E-state index in [9.17, 15) is 29.0 Å². The zero-order valence-electron chi connectivity index (χ0n) is 22.8. The lowest BCUT2D eigenvalue weighted by Gasteiger charge is -2.40. The molecule has 0 radical (unpaired) electrons. The van der Waals surface area contributed by atoms with Crippen LogP contribution in [-0.4, -0.2) is 58.3 Å². The second-order valence-corrected chi connectivity index (χ2v) is 11.2. The molecule has 0 spiro atoms. The van der Waals surface area contributed by atoms with Crippen LogP contribution < -0.4 is 15.7 Å². The van der Waals surface area contributed by atoms with Gasteiger partial charge in [-0.05, 0) is 70.6 Å². The summed E-state index contributed by atoms with van der Waals surface area (Å²) in [6.45, 7) is -0.393. The Morgan fingerprint density at radius 1 is 1.07 bits per heavy atom. The minimum Gasteiger partial charge on any atom is -0.482 e. The van der Waals surface area contributed by atoms with E-state index < -0.39 is 41.5 Å². The van der Waals surface area contributed by atoms with Gasteiger partial charge in [-0.3, -0.25) is 9.59 Å². The van der Waals surface area contributed by atoms with Gasteiger partial charge < -0.3 is 29.6 Å². The molecule has 3 atom stereocenters. The molecule has 0 saturated heterocycles. The summed E-state index contributed by atoms with van der Waals surface area (Å²) in [5.41, 5.74) is -0.0566. The number of benzene rings is 3. The number of rotatable bonds is 9. The molecule has 9 nitrogen and oxygen atoms in total.